The van der Waals surface area contributed by atoms with Crippen molar-refractivity contribution < 1.29 is 403 Å². The Morgan fingerprint density at radius 1 is 0.434 bits per heavy atom. The van der Waals surface area contributed by atoms with E-state index in [2.05, 4.69) is 32.2 Å². The van der Waals surface area contributed by atoms with Crippen molar-refractivity contribution in [2.24, 2.45) is 23.7 Å². The summed E-state index contributed by atoms with van der Waals surface area (Å²) in [6.45, 7) is 31.9. The van der Waals surface area contributed by atoms with Crippen LogP contribution < -0.4 is 5.32 Å². The molecule has 10 rings (SSSR count). The SMILES string of the molecule is C=C1[CH-]OCC(C)C1O.CCC1CC(C)[CH-]C(OC)O1.CCC1CC(O)C(NC(C)=O)C(OC2[CH-]OCC(O)C2O)O1.CCC1CC(O)[CH-]C(OC)O1.CCC1CC(O)[CH-]C(OC2[CH-]OCC(C)C2O)O1.CCC1CC(O)[CH-]C(OC2[CH-]OCC(O)C2O)O1.COC1[CH-]OCC(C)C1O.O.O.O.O.O.[2HH].[HH].[W].[W].[W].[W].[W].[Y].[Y].[Y].[Y]. The monoisotopic (exact) mass is 2800 g/mol. The van der Waals surface area contributed by atoms with E-state index < -0.39 is 104 Å². The summed E-state index contributed by atoms with van der Waals surface area (Å²) < 4.78 is 85.1. The van der Waals surface area contributed by atoms with E-state index in [1.807, 2.05) is 48.5 Å². The third-order valence-electron chi connectivity index (χ3n) is 17.9. The summed E-state index contributed by atoms with van der Waals surface area (Å²) in [6.07, 6.45) is 1.76. The van der Waals surface area contributed by atoms with Crippen molar-refractivity contribution in [1.82, 2.24) is 5.32 Å². The number of methoxy groups -OCH3 is 3. The zero-order valence-electron chi connectivity index (χ0n) is 67.0. The van der Waals surface area contributed by atoms with Gasteiger partial charge in [0, 0.05) is 350 Å². The molecule has 0 aliphatic carbocycles. The molecule has 0 saturated carbocycles. The largest absolute Gasteiger partial charge is 0.549 e. The normalized spacial score (nSPS) is 37.2. The van der Waals surface area contributed by atoms with Crippen LogP contribution in [0.25, 0.3) is 0 Å². The van der Waals surface area contributed by atoms with E-state index in [1.54, 1.807) is 40.8 Å². The molecule has 670 valence electrons. The van der Waals surface area contributed by atoms with E-state index in [0.717, 1.165) is 32.1 Å². The average molecular weight is 2800 g/mol. The summed E-state index contributed by atoms with van der Waals surface area (Å²) in [5.41, 5.74) is 0.675. The Morgan fingerprint density at radius 2 is 0.761 bits per heavy atom. The predicted molar refractivity (Wildman–Crippen MR) is 378 cm³/mol. The maximum atomic E-state index is 11.3. The Balaban J connectivity index is -0.0000000956. The fourth-order valence-corrected chi connectivity index (χ4v) is 11.4. The van der Waals surface area contributed by atoms with Crippen LogP contribution in [0.3, 0.4) is 0 Å². The number of aliphatic hydroxyl groups is 11. The molecule has 4 radical (unpaired) electrons. The molecule has 34 nitrogen and oxygen atoms in total. The predicted octanol–water partition coefficient (Wildman–Crippen LogP) is -1.31. The van der Waals surface area contributed by atoms with Crippen molar-refractivity contribution >= 4 is 5.91 Å². The van der Waals surface area contributed by atoms with Gasteiger partial charge < -0.3 is 165 Å². The molecule has 30 atom stereocenters. The summed E-state index contributed by atoms with van der Waals surface area (Å²) >= 11 is 0. The van der Waals surface area contributed by atoms with E-state index >= 15 is 0 Å². The second-order valence-corrected chi connectivity index (χ2v) is 26.4. The van der Waals surface area contributed by atoms with Gasteiger partial charge in [0.1, 0.15) is 18.2 Å². The number of rotatable bonds is 15. The molecule has 0 spiro atoms. The average Bonchev–Trinajstić information content (AvgIpc) is 0.819. The molecule has 0 bridgehead atoms. The smallest absolute Gasteiger partial charge is 0.217 e. The Bertz CT molecular complexity index is 2110. The topological polar surface area (TPSA) is 557 Å². The van der Waals surface area contributed by atoms with Gasteiger partial charge in [0.2, 0.25) is 5.91 Å². The van der Waals surface area contributed by atoms with Crippen LogP contribution in [0, 0.1) is 82.4 Å². The third kappa shape index (κ3) is 53.4. The number of hydrogen-bond donors (Lipinski definition) is 12. The Labute approximate surface area is 845 Å². The zero-order valence-corrected chi connectivity index (χ0v) is 93.1. The van der Waals surface area contributed by atoms with Crippen LogP contribution in [0.4, 0.5) is 0 Å². The Hall–Kier alpha value is 5.66. The van der Waals surface area contributed by atoms with Crippen molar-refractivity contribution in [2.45, 2.75) is 293 Å². The second-order valence-electron chi connectivity index (χ2n) is 26.4. The first kappa shape index (κ1) is 142. The maximum absolute atomic E-state index is 11.3. The number of hydrogen-bond acceptors (Lipinski definition) is 28. The first-order valence-electron chi connectivity index (χ1n) is 35.0. The van der Waals surface area contributed by atoms with Crippen LogP contribution in [-0.4, -0.2) is 303 Å². The number of carbonyl (C=O) groups excluding carboxylic acids is 1. The molecule has 30 unspecified atom stereocenters. The summed E-state index contributed by atoms with van der Waals surface area (Å²) in [5.74, 6) is 0.673. The molecule has 0 aromatic rings. The van der Waals surface area contributed by atoms with Crippen LogP contribution in [0.2, 0.25) is 0 Å². The first-order valence-corrected chi connectivity index (χ1v) is 35.0. The minimum atomic E-state index is -1.16. The minimum Gasteiger partial charge on any atom is -0.549 e. The number of carbonyl (C=O) groups is 1. The van der Waals surface area contributed by atoms with Gasteiger partial charge in [0.25, 0.3) is 0 Å². The molecule has 10 aliphatic heterocycles. The quantitative estimate of drug-likeness (QED) is 0.0847. The number of ether oxygens (including phenoxy) is 16. The standard InChI is InChI=1S/C14H24NO7.C13H22O5.C12H20O6.C9H17O2.C8H15O3.C7H13O3.C7H11O2.5H2O.5W.4Y.2H2/c1-3-8-4-9(17)12(15-7(2)16)14(21-8)22-11-6-20-5-10(18)13(11)19;1-3-10-4-9(14)5-12(17-10)18-11-7-16-6-8(2)13(11)15;1-2-8-3-7(13)4-11(17-8)18-10-6-16-5-9(14)12(10)15;1-4-8-5-7(2)6-9(10-3)11-8;1-3-7-4-6(9)5-8(10-2)11-7;1-5-3-10-4-6(9-2)7(5)8;1-5-3-9-4-6(2)7(5)8;;;;;;;;;;;;;;;;/h6,8-14,17-19H,3-5H2,1-2H3,(H,15,16);5,7-15H,3-4,6H2,1-2H3;4,6-15H,2-3,5H2,1H3;6-9H,4-5H2,1-3H3;5-9H,3-4H2,1-2H3;4-8H,3H2,1-2H3;3,6-8H,1,4H2,2H3;5*1H2;;;;;;;;;;2*1H/q-1;2*-2;4*-1;;;;;;;;;;;;;;;;/i;;;;;;;;;;;;;;;;;;;;;1+1;. The van der Waals surface area contributed by atoms with Crippen LogP contribution in [0.15, 0.2) is 12.2 Å². The number of nitrogens with one attached hydrogen (secondary N) is 1. The van der Waals surface area contributed by atoms with Crippen molar-refractivity contribution in [3.8, 4) is 0 Å². The fourth-order valence-electron chi connectivity index (χ4n) is 11.4. The molecule has 10 fully saturated rings. The molecular weight excluding hydrogens is 2660 g/mol. The number of aliphatic hydroxyl groups excluding tert-OH is 11. The van der Waals surface area contributed by atoms with Gasteiger partial charge in [-0.05, 0) is 75.8 Å². The summed E-state index contributed by atoms with van der Waals surface area (Å²) in [7, 11) is 4.82. The summed E-state index contributed by atoms with van der Waals surface area (Å²) in [6, 6.07) is -0.750. The molecule has 0 aromatic heterocycles. The molecule has 10 saturated heterocycles. The summed E-state index contributed by atoms with van der Waals surface area (Å²) in [4.78, 5) is 11.3. The van der Waals surface area contributed by atoms with Gasteiger partial charge in [-0.3, -0.25) is 11.2 Å². The molecule has 10 heterocycles. The molecule has 1 amide bonds. The van der Waals surface area contributed by atoms with Crippen LogP contribution >= 0.6 is 0 Å². The van der Waals surface area contributed by atoms with Gasteiger partial charge in [0.05, 0.1) is 67.1 Å². The molecule has 10 aliphatic rings. The molecule has 0 aromatic carbocycles. The summed E-state index contributed by atoms with van der Waals surface area (Å²) in [5, 5.41) is 109. The van der Waals surface area contributed by atoms with E-state index in [4.69, 9.17) is 75.8 Å². The van der Waals surface area contributed by atoms with Crippen molar-refractivity contribution in [2.75, 3.05) is 54.4 Å². The van der Waals surface area contributed by atoms with Crippen LogP contribution in [0.5, 0.6) is 0 Å². The van der Waals surface area contributed by atoms with E-state index in [9.17, 15) is 61.0 Å². The van der Waals surface area contributed by atoms with Gasteiger partial charge in [-0.1, -0.05) is 87.0 Å². The van der Waals surface area contributed by atoms with Gasteiger partial charge in [-0.25, -0.2) is 25.8 Å². The van der Waals surface area contributed by atoms with Crippen molar-refractivity contribution in [3.05, 3.63) is 70.9 Å². The zero-order chi connectivity index (χ0) is 73.5. The van der Waals surface area contributed by atoms with E-state index in [0.29, 0.717) is 69.5 Å². The van der Waals surface area contributed by atoms with Crippen molar-refractivity contribution in [3.63, 3.8) is 0 Å². The third-order valence-corrected chi connectivity index (χ3v) is 17.9. The van der Waals surface area contributed by atoms with Gasteiger partial charge in [0.15, 0.2) is 6.29 Å². The van der Waals surface area contributed by atoms with E-state index in [-0.39, 0.29) is 352 Å². The van der Waals surface area contributed by atoms with E-state index in [1.165, 1.54) is 39.8 Å². The van der Waals surface area contributed by atoms with Crippen molar-refractivity contribution in [1.29, 1.82) is 0 Å². The van der Waals surface area contributed by atoms with Gasteiger partial charge in [-0.2, -0.15) is 37.9 Å². The first-order chi connectivity index (χ1) is 47.1. The second kappa shape index (κ2) is 78.7. The Kier molecular flexibility index (Phi) is 98.7. The van der Waals surface area contributed by atoms with Gasteiger partial charge in [-0.15, -0.1) is 6.61 Å². The maximum Gasteiger partial charge on any atom is 0.217 e. The molecule has 22 N–H and O–H groups in total. The Morgan fingerprint density at radius 3 is 1.12 bits per heavy atom. The molecule has 113 heavy (non-hydrogen) atoms. The minimum absolute atomic E-state index is 0. The number of amides is 1. The van der Waals surface area contributed by atoms with Crippen LogP contribution in [0.1, 0.15) is 136 Å². The van der Waals surface area contributed by atoms with Gasteiger partial charge >= 0.3 is 0 Å². The molecule has 43 heteroatoms. The fraction of sp³-hybridized carbons (Fsp3) is 0.829. The molecular formula is C70H136NO33W5Y4-9. The van der Waals surface area contributed by atoms with Crippen LogP contribution in [-0.2, 0) is 317 Å².